The summed E-state index contributed by atoms with van der Waals surface area (Å²) in [5.74, 6) is -0.100. The number of nitro groups is 1. The molecule has 0 aliphatic heterocycles. The number of carbonyl (C=O) groups is 1. The van der Waals surface area contributed by atoms with Crippen molar-refractivity contribution >= 4 is 17.4 Å². The fourth-order valence-corrected chi connectivity index (χ4v) is 1.42. The van der Waals surface area contributed by atoms with Gasteiger partial charge in [-0.1, -0.05) is 11.6 Å². The maximum absolute atomic E-state index is 11.8. The minimum Gasteiger partial charge on any atom is -0.294 e. The van der Waals surface area contributed by atoms with E-state index in [2.05, 4.69) is 0 Å². The van der Waals surface area contributed by atoms with Gasteiger partial charge in [0.1, 0.15) is 0 Å². The van der Waals surface area contributed by atoms with Crippen molar-refractivity contribution in [1.82, 2.24) is 0 Å². The molecule has 1 aromatic carbocycles. The number of Topliss-reactive ketones (excluding diaryl/α,β-unsaturated/α-hetero) is 1. The van der Waals surface area contributed by atoms with Crippen LogP contribution in [0.1, 0.15) is 37.0 Å². The Kier molecular flexibility index (Phi) is 4.23. The predicted octanol–water partition coefficient (Wildman–Crippen LogP) is 3.36. The van der Waals surface area contributed by atoms with Gasteiger partial charge in [-0.25, -0.2) is 0 Å². The van der Waals surface area contributed by atoms with Crippen molar-refractivity contribution in [3.8, 4) is 0 Å². The zero-order valence-corrected chi connectivity index (χ0v) is 10.5. The van der Waals surface area contributed by atoms with E-state index in [1.807, 2.05) is 0 Å². The topological polar surface area (TPSA) is 60.2 Å². The van der Waals surface area contributed by atoms with Crippen molar-refractivity contribution in [2.75, 3.05) is 0 Å². The minimum absolute atomic E-state index is 0.100. The minimum atomic E-state index is -1.07. The van der Waals surface area contributed by atoms with Crippen LogP contribution in [-0.2, 0) is 0 Å². The highest BCUT2D eigenvalue weighted by molar-refractivity contribution is 6.30. The summed E-state index contributed by atoms with van der Waals surface area (Å²) in [4.78, 5) is 22.1. The van der Waals surface area contributed by atoms with Gasteiger partial charge in [0.2, 0.25) is 5.54 Å². The lowest BCUT2D eigenvalue weighted by atomic mass is 9.95. The van der Waals surface area contributed by atoms with Crippen molar-refractivity contribution in [1.29, 1.82) is 0 Å². The second kappa shape index (κ2) is 5.27. The third-order valence-corrected chi connectivity index (χ3v) is 2.88. The van der Waals surface area contributed by atoms with Gasteiger partial charge in [-0.05, 0) is 24.3 Å². The van der Waals surface area contributed by atoms with Gasteiger partial charge in [-0.2, -0.15) is 0 Å². The molecule has 0 N–H and O–H groups in total. The van der Waals surface area contributed by atoms with Crippen LogP contribution < -0.4 is 0 Å². The zero-order valence-electron chi connectivity index (χ0n) is 9.77. The molecule has 0 saturated carbocycles. The lowest BCUT2D eigenvalue weighted by Crippen LogP contribution is -2.31. The molecule has 0 heterocycles. The summed E-state index contributed by atoms with van der Waals surface area (Å²) in [5, 5.41) is 11.3. The van der Waals surface area contributed by atoms with E-state index in [9.17, 15) is 14.9 Å². The van der Waals surface area contributed by atoms with E-state index in [-0.39, 0.29) is 23.5 Å². The van der Waals surface area contributed by atoms with Gasteiger partial charge in [0.15, 0.2) is 5.78 Å². The normalized spacial score (nSPS) is 11.2. The Hall–Kier alpha value is -1.42. The molecule has 0 radical (unpaired) electrons. The van der Waals surface area contributed by atoms with Crippen LogP contribution in [-0.4, -0.2) is 16.2 Å². The van der Waals surface area contributed by atoms with Crippen molar-refractivity contribution < 1.29 is 9.72 Å². The van der Waals surface area contributed by atoms with E-state index in [0.29, 0.717) is 10.6 Å². The maximum Gasteiger partial charge on any atom is 0.217 e. The summed E-state index contributed by atoms with van der Waals surface area (Å²) >= 11 is 5.71. The van der Waals surface area contributed by atoms with E-state index in [1.165, 1.54) is 13.8 Å². The maximum atomic E-state index is 11.8. The number of ketones is 1. The van der Waals surface area contributed by atoms with Crippen LogP contribution in [0.4, 0.5) is 0 Å². The van der Waals surface area contributed by atoms with Crippen LogP contribution in [0.3, 0.4) is 0 Å². The summed E-state index contributed by atoms with van der Waals surface area (Å²) in [6.07, 6.45) is 0.386. The Labute approximate surface area is 105 Å². The van der Waals surface area contributed by atoms with Crippen LogP contribution in [0.25, 0.3) is 0 Å². The molecule has 0 atom stereocenters. The molecular weight excluding hydrogens is 242 g/mol. The summed E-state index contributed by atoms with van der Waals surface area (Å²) < 4.78 is 0. The lowest BCUT2D eigenvalue weighted by Gasteiger charge is -2.14. The van der Waals surface area contributed by atoms with E-state index >= 15 is 0 Å². The molecule has 1 rings (SSSR count). The predicted molar refractivity (Wildman–Crippen MR) is 66.1 cm³/mol. The molecule has 0 aromatic heterocycles. The smallest absolute Gasteiger partial charge is 0.217 e. The van der Waals surface area contributed by atoms with E-state index < -0.39 is 5.54 Å². The lowest BCUT2D eigenvalue weighted by molar-refractivity contribution is -0.561. The molecule has 0 aliphatic rings. The Morgan fingerprint density at radius 1 is 1.35 bits per heavy atom. The highest BCUT2D eigenvalue weighted by atomic mass is 35.5. The molecule has 0 aliphatic carbocycles. The molecule has 4 nitrogen and oxygen atoms in total. The number of rotatable bonds is 5. The quantitative estimate of drug-likeness (QED) is 0.460. The van der Waals surface area contributed by atoms with Gasteiger partial charge in [0.25, 0.3) is 0 Å². The van der Waals surface area contributed by atoms with Gasteiger partial charge in [0, 0.05) is 42.2 Å². The molecule has 17 heavy (non-hydrogen) atoms. The molecule has 0 saturated heterocycles. The first-order valence-corrected chi connectivity index (χ1v) is 5.64. The standard InChI is InChI=1S/C12H14ClNO3/c1-12(2,14(16)17)8-7-11(15)9-3-5-10(13)6-4-9/h3-6H,7-8H2,1-2H3. The molecule has 0 amide bonds. The third kappa shape index (κ3) is 3.82. The summed E-state index contributed by atoms with van der Waals surface area (Å²) in [6.45, 7) is 3.03. The van der Waals surface area contributed by atoms with Crippen LogP contribution in [0.5, 0.6) is 0 Å². The first kappa shape index (κ1) is 13.6. The van der Waals surface area contributed by atoms with Crippen molar-refractivity contribution in [2.24, 2.45) is 0 Å². The fourth-order valence-electron chi connectivity index (χ4n) is 1.29. The van der Waals surface area contributed by atoms with Gasteiger partial charge < -0.3 is 0 Å². The average Bonchev–Trinajstić information content (AvgIpc) is 2.27. The molecule has 0 spiro atoms. The van der Waals surface area contributed by atoms with Gasteiger partial charge >= 0.3 is 0 Å². The van der Waals surface area contributed by atoms with Crippen LogP contribution in [0.2, 0.25) is 5.02 Å². The summed E-state index contributed by atoms with van der Waals surface area (Å²) in [6, 6.07) is 6.52. The zero-order chi connectivity index (χ0) is 13.1. The Morgan fingerprint density at radius 3 is 2.35 bits per heavy atom. The number of benzene rings is 1. The number of hydrogen-bond donors (Lipinski definition) is 0. The first-order valence-electron chi connectivity index (χ1n) is 5.26. The van der Waals surface area contributed by atoms with Crippen molar-refractivity contribution in [2.45, 2.75) is 32.2 Å². The molecule has 0 bridgehead atoms. The number of carbonyl (C=O) groups excluding carboxylic acids is 1. The Balaban J connectivity index is 2.62. The summed E-state index contributed by atoms with van der Waals surface area (Å²) in [7, 11) is 0. The monoisotopic (exact) mass is 255 g/mol. The second-order valence-corrected chi connectivity index (χ2v) is 4.94. The van der Waals surface area contributed by atoms with E-state index in [4.69, 9.17) is 11.6 Å². The number of hydrogen-bond acceptors (Lipinski definition) is 3. The first-order chi connectivity index (χ1) is 7.83. The van der Waals surface area contributed by atoms with Crippen LogP contribution in [0.15, 0.2) is 24.3 Å². The second-order valence-electron chi connectivity index (χ2n) is 4.50. The van der Waals surface area contributed by atoms with Crippen molar-refractivity contribution in [3.63, 3.8) is 0 Å². The fraction of sp³-hybridized carbons (Fsp3) is 0.417. The van der Waals surface area contributed by atoms with Gasteiger partial charge in [0.05, 0.1) is 0 Å². The number of nitrogens with zero attached hydrogens (tertiary/aromatic N) is 1. The molecular formula is C12H14ClNO3. The molecule has 0 unspecified atom stereocenters. The molecule has 92 valence electrons. The molecule has 1 aromatic rings. The Bertz CT molecular complexity index is 426. The van der Waals surface area contributed by atoms with Crippen molar-refractivity contribution in [3.05, 3.63) is 45.0 Å². The van der Waals surface area contributed by atoms with Crippen LogP contribution >= 0.6 is 11.6 Å². The molecule has 0 fully saturated rings. The largest absolute Gasteiger partial charge is 0.294 e. The highest BCUT2D eigenvalue weighted by Gasteiger charge is 2.31. The van der Waals surface area contributed by atoms with E-state index in [1.54, 1.807) is 24.3 Å². The summed E-state index contributed by atoms with van der Waals surface area (Å²) in [5.41, 5.74) is -0.532. The third-order valence-electron chi connectivity index (χ3n) is 2.62. The number of halogens is 1. The SMILES string of the molecule is CC(C)(CCC(=O)c1ccc(Cl)cc1)[N+](=O)[O-]. The van der Waals surface area contributed by atoms with Gasteiger partial charge in [-0.15, -0.1) is 0 Å². The average molecular weight is 256 g/mol. The van der Waals surface area contributed by atoms with Crippen LogP contribution in [0, 0.1) is 10.1 Å². The highest BCUT2D eigenvalue weighted by Crippen LogP contribution is 2.18. The molecule has 5 heteroatoms. The van der Waals surface area contributed by atoms with Gasteiger partial charge in [-0.3, -0.25) is 14.9 Å². The van der Waals surface area contributed by atoms with E-state index in [0.717, 1.165) is 0 Å². The Morgan fingerprint density at radius 2 is 1.88 bits per heavy atom.